The molecule has 3 saturated heterocycles. The first-order valence-electron chi connectivity index (χ1n) is 13.9. The van der Waals surface area contributed by atoms with Crippen LogP contribution in [0.4, 0.5) is 26.3 Å². The van der Waals surface area contributed by atoms with Crippen LogP contribution in [0.1, 0.15) is 48.1 Å². The van der Waals surface area contributed by atoms with Crippen LogP contribution in [0.25, 0.3) is 10.8 Å². The minimum atomic E-state index is -5.19. The Bertz CT molecular complexity index is 1600. The van der Waals surface area contributed by atoms with Gasteiger partial charge in [-0.05, 0) is 89.9 Å². The summed E-state index contributed by atoms with van der Waals surface area (Å²) < 4.78 is 117. The van der Waals surface area contributed by atoms with E-state index in [4.69, 9.17) is 4.74 Å². The van der Waals surface area contributed by atoms with Gasteiger partial charge < -0.3 is 4.74 Å². The maximum absolute atomic E-state index is 13.8. The summed E-state index contributed by atoms with van der Waals surface area (Å²) in [7, 11) is -3.39. The quantitative estimate of drug-likeness (QED) is 0.210. The summed E-state index contributed by atoms with van der Waals surface area (Å²) in [5, 5.41) is 1.54. The second-order valence-electron chi connectivity index (χ2n) is 11.2. The zero-order valence-corrected chi connectivity index (χ0v) is 24.4. The number of sulfonamides is 1. The summed E-state index contributed by atoms with van der Waals surface area (Å²) in [6, 6.07) is 8.12. The Morgan fingerprint density at radius 2 is 1.70 bits per heavy atom. The van der Waals surface area contributed by atoms with Crippen LogP contribution in [0.15, 0.2) is 66.1 Å². The fourth-order valence-electron chi connectivity index (χ4n) is 6.51. The van der Waals surface area contributed by atoms with Crippen LogP contribution in [-0.4, -0.2) is 39.6 Å². The van der Waals surface area contributed by atoms with Crippen LogP contribution < -0.4 is 9.46 Å². The van der Waals surface area contributed by atoms with Gasteiger partial charge in [-0.2, -0.15) is 26.3 Å². The number of rotatable bonds is 8. The van der Waals surface area contributed by atoms with E-state index in [-0.39, 0.29) is 30.0 Å². The first-order chi connectivity index (χ1) is 20.2. The van der Waals surface area contributed by atoms with Gasteiger partial charge in [0.15, 0.2) is 0 Å². The molecule has 5 nitrogen and oxygen atoms in total. The molecule has 5 unspecified atom stereocenters. The summed E-state index contributed by atoms with van der Waals surface area (Å²) in [6.07, 6.45) is -6.38. The summed E-state index contributed by atoms with van der Waals surface area (Å²) in [6.45, 7) is 7.20. The average Bonchev–Trinajstić information content (AvgIpc) is 2.98. The van der Waals surface area contributed by atoms with E-state index >= 15 is 0 Å². The summed E-state index contributed by atoms with van der Waals surface area (Å²) >= 11 is 0. The van der Waals surface area contributed by atoms with Crippen molar-refractivity contribution in [3.63, 3.8) is 0 Å². The lowest BCUT2D eigenvalue weighted by atomic mass is 9.73. The number of nitrogens with one attached hydrogen (secondary N) is 1. The van der Waals surface area contributed by atoms with E-state index < -0.39 is 50.5 Å². The molecule has 0 aliphatic carbocycles. The van der Waals surface area contributed by atoms with Gasteiger partial charge in [-0.15, -0.1) is 6.58 Å². The first kappa shape index (κ1) is 31.3. The van der Waals surface area contributed by atoms with Gasteiger partial charge in [-0.3, -0.25) is 4.90 Å². The molecule has 3 fully saturated rings. The lowest BCUT2D eigenvalue weighted by Crippen LogP contribution is -2.57. The minimum absolute atomic E-state index is 0.0824. The molecule has 3 aliphatic rings. The Kier molecular flexibility index (Phi) is 8.34. The van der Waals surface area contributed by atoms with Crippen LogP contribution in [0.3, 0.4) is 0 Å². The molecule has 2 bridgehead atoms. The van der Waals surface area contributed by atoms with E-state index in [1.807, 2.05) is 25.1 Å². The van der Waals surface area contributed by atoms with Crippen molar-refractivity contribution in [1.82, 2.24) is 9.62 Å². The molecule has 3 aromatic rings. The Labute approximate surface area is 246 Å². The highest BCUT2D eigenvalue weighted by Crippen LogP contribution is 2.44. The molecule has 12 heteroatoms. The van der Waals surface area contributed by atoms with Gasteiger partial charge in [0, 0.05) is 12.6 Å². The predicted molar refractivity (Wildman–Crippen MR) is 151 cm³/mol. The van der Waals surface area contributed by atoms with Gasteiger partial charge in [0.2, 0.25) is 10.0 Å². The van der Waals surface area contributed by atoms with Gasteiger partial charge in [0.1, 0.15) is 5.75 Å². The Balaban J connectivity index is 1.68. The SMILES string of the molecule is C=CC1CN2CCC1CC2C(NS(=O)(=O)c1cc(C(F)(F)F)cc(C(F)(F)F)c1)c1ccc(CC)c2ccc(OC)cc12. The normalized spacial score (nSPS) is 23.3. The average molecular weight is 627 g/mol. The molecule has 0 saturated carbocycles. The smallest absolute Gasteiger partial charge is 0.416 e. The molecule has 43 heavy (non-hydrogen) atoms. The third-order valence-electron chi connectivity index (χ3n) is 8.76. The summed E-state index contributed by atoms with van der Waals surface area (Å²) in [5.74, 6) is 0.925. The molecule has 0 spiro atoms. The lowest BCUT2D eigenvalue weighted by molar-refractivity contribution is -0.143. The van der Waals surface area contributed by atoms with Crippen LogP contribution in [0, 0.1) is 11.8 Å². The highest BCUT2D eigenvalue weighted by atomic mass is 32.2. The van der Waals surface area contributed by atoms with E-state index in [1.54, 1.807) is 18.2 Å². The first-order valence-corrected chi connectivity index (χ1v) is 15.4. The number of aryl methyl sites for hydroxylation is 1. The van der Waals surface area contributed by atoms with Gasteiger partial charge in [-0.25, -0.2) is 13.1 Å². The van der Waals surface area contributed by atoms with Crippen molar-refractivity contribution in [2.24, 2.45) is 11.8 Å². The van der Waals surface area contributed by atoms with E-state index in [9.17, 15) is 34.8 Å². The fraction of sp³-hybridized carbons (Fsp3) is 0.419. The lowest BCUT2D eigenvalue weighted by Gasteiger charge is -2.51. The van der Waals surface area contributed by atoms with Gasteiger partial charge in [-0.1, -0.05) is 31.2 Å². The largest absolute Gasteiger partial charge is 0.497 e. The van der Waals surface area contributed by atoms with Crippen molar-refractivity contribution in [2.75, 3.05) is 20.2 Å². The molecule has 3 heterocycles. The predicted octanol–water partition coefficient (Wildman–Crippen LogP) is 7.36. The molecule has 0 radical (unpaired) electrons. The monoisotopic (exact) mass is 626 g/mol. The molecule has 3 aromatic carbocycles. The van der Waals surface area contributed by atoms with E-state index in [0.717, 1.165) is 17.4 Å². The molecular formula is C31H32F6N2O3S. The number of fused-ring (bicyclic) bond motifs is 4. The number of methoxy groups -OCH3 is 1. The van der Waals surface area contributed by atoms with Crippen molar-refractivity contribution in [3.8, 4) is 5.75 Å². The van der Waals surface area contributed by atoms with Crippen molar-refractivity contribution >= 4 is 20.8 Å². The molecule has 0 aromatic heterocycles. The molecule has 6 rings (SSSR count). The van der Waals surface area contributed by atoms with Gasteiger partial charge in [0.25, 0.3) is 0 Å². The highest BCUT2D eigenvalue weighted by molar-refractivity contribution is 7.89. The Hall–Kier alpha value is -3.09. The van der Waals surface area contributed by atoms with Gasteiger partial charge in [0.05, 0.1) is 29.2 Å². The number of benzene rings is 3. The number of nitrogens with zero attached hydrogens (tertiary/aromatic N) is 1. The standard InChI is InChI=1S/C31H32F6N2O3S/c1-4-18-6-8-26(27-16-23(42-3)7-9-25(18)27)29(28-12-20-10-11-39(28)17-19(20)5-2)38-43(40,41)24-14-21(30(32,33)34)13-22(15-24)31(35,36)37/h5-9,13-16,19-20,28-29,38H,2,4,10-12,17H2,1,3H3. The number of halogens is 6. The van der Waals surface area contributed by atoms with Crippen molar-refractivity contribution in [2.45, 2.75) is 55.5 Å². The van der Waals surface area contributed by atoms with E-state index in [0.29, 0.717) is 42.6 Å². The molecule has 3 aliphatic heterocycles. The van der Waals surface area contributed by atoms with Gasteiger partial charge >= 0.3 is 12.4 Å². The van der Waals surface area contributed by atoms with Crippen LogP contribution in [0.2, 0.25) is 0 Å². The van der Waals surface area contributed by atoms with Crippen molar-refractivity contribution in [3.05, 3.63) is 83.4 Å². The second-order valence-corrected chi connectivity index (χ2v) is 12.9. The second kappa shape index (κ2) is 11.4. The zero-order chi connectivity index (χ0) is 31.3. The molecule has 1 N–H and O–H groups in total. The van der Waals surface area contributed by atoms with Crippen LogP contribution in [-0.2, 0) is 28.8 Å². The summed E-state index contributed by atoms with van der Waals surface area (Å²) in [4.78, 5) is 1.03. The van der Waals surface area contributed by atoms with Crippen LogP contribution >= 0.6 is 0 Å². The molecule has 5 atom stereocenters. The maximum atomic E-state index is 13.8. The fourth-order valence-corrected chi connectivity index (χ4v) is 7.83. The number of hydrogen-bond acceptors (Lipinski definition) is 4. The zero-order valence-electron chi connectivity index (χ0n) is 23.6. The van der Waals surface area contributed by atoms with Crippen molar-refractivity contribution < 1.29 is 39.5 Å². The minimum Gasteiger partial charge on any atom is -0.497 e. The number of alkyl halides is 6. The topological polar surface area (TPSA) is 58.6 Å². The van der Waals surface area contributed by atoms with E-state index in [1.165, 1.54) is 7.11 Å². The third kappa shape index (κ3) is 6.14. The Morgan fingerprint density at radius 3 is 2.23 bits per heavy atom. The molecule has 232 valence electrons. The van der Waals surface area contributed by atoms with Crippen molar-refractivity contribution in [1.29, 1.82) is 0 Å². The molecular weight excluding hydrogens is 594 g/mol. The third-order valence-corrected chi connectivity index (χ3v) is 10.2. The molecule has 0 amide bonds. The van der Waals surface area contributed by atoms with E-state index in [2.05, 4.69) is 16.2 Å². The number of ether oxygens (including phenoxy) is 1. The number of hydrogen-bond donors (Lipinski definition) is 1. The maximum Gasteiger partial charge on any atom is 0.416 e. The highest BCUT2D eigenvalue weighted by Gasteiger charge is 2.45. The summed E-state index contributed by atoms with van der Waals surface area (Å²) in [5.41, 5.74) is -1.84. The number of piperidine rings is 3. The van der Waals surface area contributed by atoms with Crippen LogP contribution in [0.5, 0.6) is 5.75 Å². The Morgan fingerprint density at radius 1 is 1.02 bits per heavy atom.